The number of halogens is 4. The Kier molecular flexibility index (Phi) is 9.70. The molecule has 33 heavy (non-hydrogen) atoms. The minimum absolute atomic E-state index is 0.000905. The van der Waals surface area contributed by atoms with E-state index in [9.17, 15) is 18.0 Å². The summed E-state index contributed by atoms with van der Waals surface area (Å²) in [6.07, 6.45) is 0.940. The minimum atomic E-state index is -3.95. The van der Waals surface area contributed by atoms with E-state index in [1.54, 1.807) is 38.1 Å². The van der Waals surface area contributed by atoms with Gasteiger partial charge in [0.1, 0.15) is 12.6 Å². The molecule has 0 saturated heterocycles. The van der Waals surface area contributed by atoms with Crippen molar-refractivity contribution in [1.29, 1.82) is 0 Å². The van der Waals surface area contributed by atoms with Crippen LogP contribution in [0.1, 0.15) is 19.4 Å². The highest BCUT2D eigenvalue weighted by Crippen LogP contribution is 2.35. The molecule has 0 aliphatic heterocycles. The summed E-state index contributed by atoms with van der Waals surface area (Å²) < 4.78 is 26.0. The summed E-state index contributed by atoms with van der Waals surface area (Å²) in [5.74, 6) is -0.991. The molecular weight excluding hydrogens is 532 g/mol. The Hall–Kier alpha value is -1.71. The Bertz CT molecular complexity index is 1130. The van der Waals surface area contributed by atoms with Crippen molar-refractivity contribution in [2.75, 3.05) is 23.7 Å². The minimum Gasteiger partial charge on any atom is -0.355 e. The SMILES string of the molecule is CCNC(=O)[C@@H](C)N(Cc1ccc(Cl)cc1)C(=O)CN(c1cc(Cl)c(Cl)cc1Cl)S(C)(=O)=O. The van der Waals surface area contributed by atoms with Gasteiger partial charge >= 0.3 is 0 Å². The maximum absolute atomic E-state index is 13.4. The van der Waals surface area contributed by atoms with Crippen molar-refractivity contribution in [1.82, 2.24) is 10.2 Å². The van der Waals surface area contributed by atoms with E-state index in [2.05, 4.69) is 5.32 Å². The summed E-state index contributed by atoms with van der Waals surface area (Å²) in [6.45, 7) is 3.15. The van der Waals surface area contributed by atoms with Crippen LogP contribution in [0, 0.1) is 0 Å². The molecule has 0 aliphatic rings. The van der Waals surface area contributed by atoms with Crippen LogP contribution in [0.3, 0.4) is 0 Å². The zero-order valence-electron chi connectivity index (χ0n) is 18.1. The highest BCUT2D eigenvalue weighted by atomic mass is 35.5. The number of nitrogens with zero attached hydrogens (tertiary/aromatic N) is 2. The van der Waals surface area contributed by atoms with Crippen LogP contribution in [0.4, 0.5) is 5.69 Å². The second-order valence-electron chi connectivity index (χ2n) is 7.21. The number of anilines is 1. The predicted molar refractivity (Wildman–Crippen MR) is 134 cm³/mol. The molecule has 0 heterocycles. The van der Waals surface area contributed by atoms with Gasteiger partial charge in [0.25, 0.3) is 0 Å². The first kappa shape index (κ1) is 27.5. The standard InChI is InChI=1S/C21H23Cl4N3O4S/c1-4-26-21(30)13(2)27(11-14-5-7-15(22)8-6-14)20(29)12-28(33(3,31)32)19-10-17(24)16(23)9-18(19)25/h5-10,13H,4,11-12H2,1-3H3,(H,26,30)/t13-/m1/s1. The van der Waals surface area contributed by atoms with Crippen molar-refractivity contribution >= 4 is 73.9 Å². The van der Waals surface area contributed by atoms with Crippen molar-refractivity contribution in [2.45, 2.75) is 26.4 Å². The Morgan fingerprint density at radius 3 is 2.12 bits per heavy atom. The van der Waals surface area contributed by atoms with Gasteiger partial charge in [0.15, 0.2) is 0 Å². The van der Waals surface area contributed by atoms with Gasteiger partial charge in [-0.05, 0) is 43.7 Å². The smallest absolute Gasteiger partial charge is 0.244 e. The van der Waals surface area contributed by atoms with Crippen LogP contribution in [0.5, 0.6) is 0 Å². The lowest BCUT2D eigenvalue weighted by molar-refractivity contribution is -0.139. The molecule has 2 aromatic rings. The molecule has 0 bridgehead atoms. The molecule has 12 heteroatoms. The second-order valence-corrected chi connectivity index (χ2v) is 10.8. The maximum Gasteiger partial charge on any atom is 0.244 e. The van der Waals surface area contributed by atoms with E-state index >= 15 is 0 Å². The average molecular weight is 555 g/mol. The van der Waals surface area contributed by atoms with Crippen molar-refractivity contribution in [2.24, 2.45) is 0 Å². The highest BCUT2D eigenvalue weighted by Gasteiger charge is 2.31. The second kappa shape index (κ2) is 11.6. The average Bonchev–Trinajstić information content (AvgIpc) is 2.73. The molecule has 7 nitrogen and oxygen atoms in total. The number of carbonyl (C=O) groups excluding carboxylic acids is 2. The van der Waals surface area contributed by atoms with Crippen LogP contribution in [0.2, 0.25) is 20.1 Å². The monoisotopic (exact) mass is 553 g/mol. The van der Waals surface area contributed by atoms with E-state index in [-0.39, 0.29) is 33.2 Å². The lowest BCUT2D eigenvalue weighted by atomic mass is 10.1. The first-order valence-electron chi connectivity index (χ1n) is 9.79. The quantitative estimate of drug-likeness (QED) is 0.458. The number of carbonyl (C=O) groups is 2. The van der Waals surface area contributed by atoms with Gasteiger partial charge in [-0.3, -0.25) is 13.9 Å². The van der Waals surface area contributed by atoms with Gasteiger partial charge in [-0.2, -0.15) is 0 Å². The summed E-state index contributed by atoms with van der Waals surface area (Å²) in [4.78, 5) is 27.2. The third-order valence-corrected chi connectivity index (χ3v) is 7.13. The fourth-order valence-corrected chi connectivity index (χ4v) is 4.66. The molecule has 2 amide bonds. The molecule has 1 N–H and O–H groups in total. The van der Waals surface area contributed by atoms with Gasteiger partial charge in [0, 0.05) is 18.1 Å². The van der Waals surface area contributed by atoms with E-state index in [4.69, 9.17) is 46.4 Å². The number of nitrogens with one attached hydrogen (secondary N) is 1. The van der Waals surface area contributed by atoms with Gasteiger partial charge in [0.2, 0.25) is 21.8 Å². The van der Waals surface area contributed by atoms with Crippen LogP contribution >= 0.6 is 46.4 Å². The summed E-state index contributed by atoms with van der Waals surface area (Å²) in [6, 6.07) is 8.46. The molecule has 0 radical (unpaired) electrons. The molecule has 0 unspecified atom stereocenters. The molecule has 0 spiro atoms. The van der Waals surface area contributed by atoms with Crippen molar-refractivity contribution in [3.63, 3.8) is 0 Å². The number of amides is 2. The molecule has 0 saturated carbocycles. The van der Waals surface area contributed by atoms with Gasteiger partial charge in [-0.25, -0.2) is 8.42 Å². The Morgan fingerprint density at radius 1 is 1.00 bits per heavy atom. The molecule has 1 atom stereocenters. The predicted octanol–water partition coefficient (Wildman–Crippen LogP) is 4.62. The molecule has 180 valence electrons. The molecule has 0 aliphatic carbocycles. The topological polar surface area (TPSA) is 86.8 Å². The van der Waals surface area contributed by atoms with Gasteiger partial charge in [0.05, 0.1) is 27.0 Å². The molecule has 0 fully saturated rings. The number of benzene rings is 2. The zero-order chi connectivity index (χ0) is 24.9. The van der Waals surface area contributed by atoms with E-state index < -0.39 is 28.5 Å². The van der Waals surface area contributed by atoms with Crippen molar-refractivity contribution in [3.05, 3.63) is 62.1 Å². The molecule has 2 rings (SSSR count). The lowest BCUT2D eigenvalue weighted by Crippen LogP contribution is -2.51. The Balaban J connectivity index is 2.44. The van der Waals surface area contributed by atoms with E-state index in [1.165, 1.54) is 17.0 Å². The van der Waals surface area contributed by atoms with E-state index in [1.807, 2.05) is 0 Å². The number of likely N-dealkylation sites (N-methyl/N-ethyl adjacent to an activating group) is 1. The molecule has 0 aromatic heterocycles. The van der Waals surface area contributed by atoms with Crippen molar-refractivity contribution < 1.29 is 18.0 Å². The van der Waals surface area contributed by atoms with Gasteiger partial charge < -0.3 is 10.2 Å². The third kappa shape index (κ3) is 7.39. The normalized spacial score (nSPS) is 12.2. The number of hydrogen-bond acceptors (Lipinski definition) is 4. The largest absolute Gasteiger partial charge is 0.355 e. The number of sulfonamides is 1. The summed E-state index contributed by atoms with van der Waals surface area (Å²) in [5, 5.41) is 3.41. The summed E-state index contributed by atoms with van der Waals surface area (Å²) >= 11 is 24.2. The van der Waals surface area contributed by atoms with E-state index in [0.29, 0.717) is 17.1 Å². The van der Waals surface area contributed by atoms with Crippen molar-refractivity contribution in [3.8, 4) is 0 Å². The van der Waals surface area contributed by atoms with E-state index in [0.717, 1.165) is 10.6 Å². The maximum atomic E-state index is 13.4. The zero-order valence-corrected chi connectivity index (χ0v) is 22.0. The van der Waals surface area contributed by atoms with Gasteiger partial charge in [-0.1, -0.05) is 58.5 Å². The van der Waals surface area contributed by atoms with Crippen LogP contribution < -0.4 is 9.62 Å². The van der Waals surface area contributed by atoms with Crippen LogP contribution in [0.25, 0.3) is 0 Å². The Morgan fingerprint density at radius 2 is 1.58 bits per heavy atom. The fourth-order valence-electron chi connectivity index (χ4n) is 2.99. The van der Waals surface area contributed by atoms with Crippen LogP contribution in [-0.4, -0.2) is 50.5 Å². The van der Waals surface area contributed by atoms with Gasteiger partial charge in [-0.15, -0.1) is 0 Å². The first-order valence-corrected chi connectivity index (χ1v) is 13.1. The summed E-state index contributed by atoms with van der Waals surface area (Å²) in [5.41, 5.74) is 0.710. The van der Waals surface area contributed by atoms with Crippen LogP contribution in [-0.2, 0) is 26.2 Å². The number of hydrogen-bond donors (Lipinski definition) is 1. The van der Waals surface area contributed by atoms with Crippen LogP contribution in [0.15, 0.2) is 36.4 Å². The molecular formula is C21H23Cl4N3O4S. The third-order valence-electron chi connectivity index (χ3n) is 4.72. The Labute approximate surface area is 213 Å². The molecule has 2 aromatic carbocycles. The fraction of sp³-hybridized carbons (Fsp3) is 0.333. The highest BCUT2D eigenvalue weighted by molar-refractivity contribution is 7.92. The lowest BCUT2D eigenvalue weighted by Gasteiger charge is -2.31. The number of rotatable bonds is 9. The first-order chi connectivity index (χ1) is 15.3. The summed E-state index contributed by atoms with van der Waals surface area (Å²) in [7, 11) is -3.95.